The number of carbonyl (C=O) groups excluding carboxylic acids is 1. The standard InChI is InChI=1S/C18H29N3O.2ClH/c1-14(2)13-21-11-9-16(10-12-21)20-18(22)8-7-15-5-3-4-6-17(15)19;;/h3-6,14,16H,7-13,19H2,1-2H3,(H,20,22);2*1H. The summed E-state index contributed by atoms with van der Waals surface area (Å²) in [4.78, 5) is 14.6. The van der Waals surface area contributed by atoms with Gasteiger partial charge in [0, 0.05) is 37.8 Å². The maximum atomic E-state index is 12.1. The van der Waals surface area contributed by atoms with Gasteiger partial charge in [0.15, 0.2) is 0 Å². The molecule has 2 rings (SSSR count). The Labute approximate surface area is 158 Å². The van der Waals surface area contributed by atoms with Gasteiger partial charge in [-0.1, -0.05) is 32.0 Å². The fourth-order valence-corrected chi connectivity index (χ4v) is 3.09. The van der Waals surface area contributed by atoms with E-state index in [1.807, 2.05) is 24.3 Å². The number of aryl methyl sites for hydroxylation is 1. The molecule has 138 valence electrons. The molecule has 0 saturated carbocycles. The van der Waals surface area contributed by atoms with Crippen molar-refractivity contribution in [2.24, 2.45) is 5.92 Å². The largest absolute Gasteiger partial charge is 0.399 e. The first-order valence-electron chi connectivity index (χ1n) is 8.39. The van der Waals surface area contributed by atoms with Gasteiger partial charge in [0.1, 0.15) is 0 Å². The minimum atomic E-state index is 0. The number of nitrogens with zero attached hydrogens (tertiary/aromatic N) is 1. The molecule has 0 radical (unpaired) electrons. The van der Waals surface area contributed by atoms with Crippen LogP contribution in [0.1, 0.15) is 38.7 Å². The summed E-state index contributed by atoms with van der Waals surface area (Å²) in [6.07, 6.45) is 3.35. The van der Waals surface area contributed by atoms with Gasteiger partial charge in [-0.05, 0) is 36.8 Å². The third-order valence-corrected chi connectivity index (χ3v) is 4.25. The maximum absolute atomic E-state index is 12.1. The van der Waals surface area contributed by atoms with Crippen LogP contribution in [-0.4, -0.2) is 36.5 Å². The molecule has 1 saturated heterocycles. The van der Waals surface area contributed by atoms with Gasteiger partial charge in [0.25, 0.3) is 0 Å². The van der Waals surface area contributed by atoms with Gasteiger partial charge in [-0.15, -0.1) is 24.8 Å². The Bertz CT molecular complexity index is 489. The van der Waals surface area contributed by atoms with Crippen LogP contribution in [0.5, 0.6) is 0 Å². The molecule has 1 aromatic carbocycles. The molecule has 3 N–H and O–H groups in total. The number of nitrogens with two attached hydrogens (primary N) is 1. The van der Waals surface area contributed by atoms with E-state index in [1.54, 1.807) is 0 Å². The number of amides is 1. The number of anilines is 1. The maximum Gasteiger partial charge on any atom is 0.220 e. The van der Waals surface area contributed by atoms with Crippen LogP contribution < -0.4 is 11.1 Å². The second kappa shape index (κ2) is 11.6. The first-order chi connectivity index (χ1) is 10.5. The topological polar surface area (TPSA) is 58.4 Å². The smallest absolute Gasteiger partial charge is 0.220 e. The Kier molecular flexibility index (Phi) is 11.1. The third-order valence-electron chi connectivity index (χ3n) is 4.25. The summed E-state index contributed by atoms with van der Waals surface area (Å²) in [5, 5.41) is 3.18. The molecular formula is C18H31Cl2N3O. The molecule has 0 aromatic heterocycles. The van der Waals surface area contributed by atoms with Crippen LogP contribution in [-0.2, 0) is 11.2 Å². The highest BCUT2D eigenvalue weighted by molar-refractivity contribution is 5.85. The fraction of sp³-hybridized carbons (Fsp3) is 0.611. The van der Waals surface area contributed by atoms with Crippen molar-refractivity contribution in [2.75, 3.05) is 25.4 Å². The average Bonchev–Trinajstić information content (AvgIpc) is 2.48. The summed E-state index contributed by atoms with van der Waals surface area (Å²) < 4.78 is 0. The Morgan fingerprint density at radius 3 is 2.46 bits per heavy atom. The zero-order valence-corrected chi connectivity index (χ0v) is 16.3. The highest BCUT2D eigenvalue weighted by atomic mass is 35.5. The molecule has 1 heterocycles. The molecule has 4 nitrogen and oxygen atoms in total. The third kappa shape index (κ3) is 7.73. The molecule has 1 aromatic rings. The van der Waals surface area contributed by atoms with Gasteiger partial charge >= 0.3 is 0 Å². The van der Waals surface area contributed by atoms with E-state index in [2.05, 4.69) is 24.1 Å². The van der Waals surface area contributed by atoms with E-state index in [4.69, 9.17) is 5.73 Å². The summed E-state index contributed by atoms with van der Waals surface area (Å²) in [5.41, 5.74) is 7.74. The highest BCUT2D eigenvalue weighted by Gasteiger charge is 2.20. The second-order valence-corrected chi connectivity index (χ2v) is 6.74. The van der Waals surface area contributed by atoms with E-state index < -0.39 is 0 Å². The lowest BCUT2D eigenvalue weighted by atomic mass is 10.0. The first kappa shape index (κ1) is 23.0. The van der Waals surface area contributed by atoms with Gasteiger partial charge in [-0.3, -0.25) is 4.79 Å². The molecule has 24 heavy (non-hydrogen) atoms. The Balaban J connectivity index is 0.00000264. The molecule has 1 aliphatic heterocycles. The minimum absolute atomic E-state index is 0. The van der Waals surface area contributed by atoms with Crippen molar-refractivity contribution >= 4 is 36.4 Å². The van der Waals surface area contributed by atoms with Crippen molar-refractivity contribution in [3.8, 4) is 0 Å². The molecule has 0 aliphatic carbocycles. The average molecular weight is 376 g/mol. The molecule has 1 amide bonds. The van der Waals surface area contributed by atoms with Crippen LogP contribution in [0.4, 0.5) is 5.69 Å². The monoisotopic (exact) mass is 375 g/mol. The number of carbonyl (C=O) groups is 1. The number of para-hydroxylation sites is 1. The van der Waals surface area contributed by atoms with Crippen molar-refractivity contribution in [2.45, 2.75) is 45.6 Å². The van der Waals surface area contributed by atoms with Crippen LogP contribution in [0.2, 0.25) is 0 Å². The lowest BCUT2D eigenvalue weighted by molar-refractivity contribution is -0.122. The number of hydrogen-bond donors (Lipinski definition) is 2. The summed E-state index contributed by atoms with van der Waals surface area (Å²) >= 11 is 0. The van der Waals surface area contributed by atoms with Gasteiger partial charge in [-0.25, -0.2) is 0 Å². The van der Waals surface area contributed by atoms with Gasteiger partial charge in [0.2, 0.25) is 5.91 Å². The van der Waals surface area contributed by atoms with Crippen molar-refractivity contribution in [1.29, 1.82) is 0 Å². The summed E-state index contributed by atoms with van der Waals surface area (Å²) in [5.74, 6) is 0.855. The summed E-state index contributed by atoms with van der Waals surface area (Å²) in [6, 6.07) is 8.10. The fourth-order valence-electron chi connectivity index (χ4n) is 3.09. The van der Waals surface area contributed by atoms with Gasteiger partial charge in [0.05, 0.1) is 0 Å². The van der Waals surface area contributed by atoms with E-state index in [-0.39, 0.29) is 30.7 Å². The predicted octanol–water partition coefficient (Wildman–Crippen LogP) is 3.28. The van der Waals surface area contributed by atoms with Crippen molar-refractivity contribution in [3.05, 3.63) is 29.8 Å². The second-order valence-electron chi connectivity index (χ2n) is 6.74. The van der Waals surface area contributed by atoms with Crippen molar-refractivity contribution < 1.29 is 4.79 Å². The molecule has 1 aliphatic rings. The number of nitrogen functional groups attached to an aromatic ring is 1. The van der Waals surface area contributed by atoms with Gasteiger partial charge in [-0.2, -0.15) is 0 Å². The van der Waals surface area contributed by atoms with E-state index in [0.29, 0.717) is 24.8 Å². The lowest BCUT2D eigenvalue weighted by Gasteiger charge is -2.33. The zero-order chi connectivity index (χ0) is 15.9. The van der Waals surface area contributed by atoms with E-state index in [0.717, 1.165) is 43.7 Å². The quantitative estimate of drug-likeness (QED) is 0.749. The molecule has 0 bridgehead atoms. The van der Waals surface area contributed by atoms with Crippen molar-refractivity contribution in [3.63, 3.8) is 0 Å². The molecule has 0 unspecified atom stereocenters. The summed E-state index contributed by atoms with van der Waals surface area (Å²) in [7, 11) is 0. The number of likely N-dealkylation sites (tertiary alicyclic amines) is 1. The normalized spacial score (nSPS) is 15.5. The van der Waals surface area contributed by atoms with Crippen LogP contribution in [0.25, 0.3) is 0 Å². The van der Waals surface area contributed by atoms with E-state index >= 15 is 0 Å². The SMILES string of the molecule is CC(C)CN1CCC(NC(=O)CCc2ccccc2N)CC1.Cl.Cl. The Morgan fingerprint density at radius 1 is 1.25 bits per heavy atom. The molecule has 0 spiro atoms. The first-order valence-corrected chi connectivity index (χ1v) is 8.39. The van der Waals surface area contributed by atoms with Crippen LogP contribution in [0.3, 0.4) is 0 Å². The molecule has 6 heteroatoms. The highest BCUT2D eigenvalue weighted by Crippen LogP contribution is 2.14. The zero-order valence-electron chi connectivity index (χ0n) is 14.7. The molecule has 0 atom stereocenters. The van der Waals surface area contributed by atoms with E-state index in [9.17, 15) is 4.79 Å². The van der Waals surface area contributed by atoms with Crippen LogP contribution in [0, 0.1) is 5.92 Å². The number of rotatable bonds is 6. The number of piperidine rings is 1. The predicted molar refractivity (Wildman–Crippen MR) is 106 cm³/mol. The van der Waals surface area contributed by atoms with Crippen LogP contribution >= 0.6 is 24.8 Å². The van der Waals surface area contributed by atoms with Crippen LogP contribution in [0.15, 0.2) is 24.3 Å². The van der Waals surface area contributed by atoms with Gasteiger partial charge < -0.3 is 16.0 Å². The Hall–Kier alpha value is -0.970. The lowest BCUT2D eigenvalue weighted by Crippen LogP contribution is -2.45. The van der Waals surface area contributed by atoms with E-state index in [1.165, 1.54) is 0 Å². The molecule has 1 fully saturated rings. The molecular weight excluding hydrogens is 345 g/mol. The number of benzene rings is 1. The minimum Gasteiger partial charge on any atom is -0.399 e. The Morgan fingerprint density at radius 2 is 1.88 bits per heavy atom. The summed E-state index contributed by atoms with van der Waals surface area (Å²) in [6.45, 7) is 7.85. The number of halogens is 2. The van der Waals surface area contributed by atoms with Crippen molar-refractivity contribution in [1.82, 2.24) is 10.2 Å². The number of hydrogen-bond acceptors (Lipinski definition) is 3. The number of nitrogens with one attached hydrogen (secondary N) is 1.